The van der Waals surface area contributed by atoms with E-state index in [4.69, 9.17) is 0 Å². The first-order valence-corrected chi connectivity index (χ1v) is 8.83. The van der Waals surface area contributed by atoms with Crippen molar-refractivity contribution >= 4 is 15.7 Å². The maximum absolute atomic E-state index is 12.1. The van der Waals surface area contributed by atoms with E-state index in [0.717, 1.165) is 23.1 Å². The third kappa shape index (κ3) is 4.33. The fourth-order valence-corrected chi connectivity index (χ4v) is 3.44. The van der Waals surface area contributed by atoms with Gasteiger partial charge >= 0.3 is 0 Å². The fraction of sp³-hybridized carbons (Fsp3) is 0.294. The van der Waals surface area contributed by atoms with Gasteiger partial charge < -0.3 is 0 Å². The van der Waals surface area contributed by atoms with E-state index in [1.54, 1.807) is 0 Å². The van der Waals surface area contributed by atoms with Crippen molar-refractivity contribution in [2.24, 2.45) is 0 Å². The van der Waals surface area contributed by atoms with Crippen LogP contribution in [0.2, 0.25) is 0 Å². The smallest absolute Gasteiger partial charge is 0.232 e. The summed E-state index contributed by atoms with van der Waals surface area (Å²) in [4.78, 5) is 0. The molecule has 0 aliphatic rings. The van der Waals surface area contributed by atoms with Gasteiger partial charge in [-0.25, -0.2) is 8.42 Å². The van der Waals surface area contributed by atoms with Crippen LogP contribution in [0, 0.1) is 6.92 Å². The minimum atomic E-state index is -3.29. The zero-order valence-electron chi connectivity index (χ0n) is 12.5. The van der Waals surface area contributed by atoms with Gasteiger partial charge in [-0.1, -0.05) is 55.3 Å². The average Bonchev–Trinajstić information content (AvgIpc) is 2.48. The highest BCUT2D eigenvalue weighted by Crippen LogP contribution is 2.29. The third-order valence-electron chi connectivity index (χ3n) is 3.29. The Bertz CT molecular complexity index is 694. The second-order valence-electron chi connectivity index (χ2n) is 5.19. The first-order valence-electron chi connectivity index (χ1n) is 7.18. The lowest BCUT2D eigenvalue weighted by atomic mass is 10.0. The Labute approximate surface area is 127 Å². The normalized spacial score (nSPS) is 11.3. The number of hydrogen-bond acceptors (Lipinski definition) is 2. The average molecular weight is 303 g/mol. The Kier molecular flexibility index (Phi) is 5.02. The lowest BCUT2D eigenvalue weighted by molar-refractivity contribution is 0.598. The fourth-order valence-electron chi connectivity index (χ4n) is 2.16. The molecule has 0 bridgehead atoms. The number of sulfonamides is 1. The lowest BCUT2D eigenvalue weighted by Gasteiger charge is -2.13. The molecule has 0 aliphatic carbocycles. The van der Waals surface area contributed by atoms with Crippen LogP contribution in [-0.2, 0) is 10.0 Å². The van der Waals surface area contributed by atoms with Crippen LogP contribution in [0.4, 0.5) is 5.69 Å². The second kappa shape index (κ2) is 6.76. The van der Waals surface area contributed by atoms with Gasteiger partial charge in [-0.15, -0.1) is 0 Å². The molecule has 2 aromatic rings. The molecule has 2 aromatic carbocycles. The van der Waals surface area contributed by atoms with Crippen LogP contribution in [0.3, 0.4) is 0 Å². The minimum Gasteiger partial charge on any atom is -0.283 e. The van der Waals surface area contributed by atoms with Crippen LogP contribution in [-0.4, -0.2) is 14.2 Å². The summed E-state index contributed by atoms with van der Waals surface area (Å²) in [6, 6.07) is 15.6. The highest BCUT2D eigenvalue weighted by atomic mass is 32.2. The van der Waals surface area contributed by atoms with Gasteiger partial charge in [-0.3, -0.25) is 4.72 Å². The first kappa shape index (κ1) is 15.6. The van der Waals surface area contributed by atoms with Gasteiger partial charge in [0.1, 0.15) is 0 Å². The van der Waals surface area contributed by atoms with Crippen molar-refractivity contribution in [1.29, 1.82) is 0 Å². The van der Waals surface area contributed by atoms with Crippen molar-refractivity contribution in [1.82, 2.24) is 0 Å². The molecule has 0 saturated heterocycles. The van der Waals surface area contributed by atoms with Gasteiger partial charge in [0.2, 0.25) is 10.0 Å². The summed E-state index contributed by atoms with van der Waals surface area (Å²) in [6.45, 7) is 3.98. The molecule has 0 fully saturated rings. The van der Waals surface area contributed by atoms with Crippen molar-refractivity contribution in [3.8, 4) is 11.1 Å². The molecule has 4 heteroatoms. The van der Waals surface area contributed by atoms with Crippen molar-refractivity contribution in [3.63, 3.8) is 0 Å². The van der Waals surface area contributed by atoms with E-state index < -0.39 is 10.0 Å². The molecule has 0 unspecified atom stereocenters. The number of benzene rings is 2. The van der Waals surface area contributed by atoms with Crippen LogP contribution >= 0.6 is 0 Å². The molecule has 0 amide bonds. The number of rotatable bonds is 6. The van der Waals surface area contributed by atoms with Crippen LogP contribution in [0.1, 0.15) is 25.3 Å². The van der Waals surface area contributed by atoms with Crippen LogP contribution in [0.25, 0.3) is 11.1 Å². The minimum absolute atomic E-state index is 0.158. The van der Waals surface area contributed by atoms with Gasteiger partial charge in [0.15, 0.2) is 0 Å². The summed E-state index contributed by atoms with van der Waals surface area (Å²) in [6.07, 6.45) is 1.53. The molecule has 0 aliphatic heterocycles. The van der Waals surface area contributed by atoms with Crippen LogP contribution < -0.4 is 4.72 Å². The third-order valence-corrected chi connectivity index (χ3v) is 4.65. The summed E-state index contributed by atoms with van der Waals surface area (Å²) in [5.41, 5.74) is 3.67. The van der Waals surface area contributed by atoms with Crippen molar-refractivity contribution in [2.75, 3.05) is 10.5 Å². The summed E-state index contributed by atoms with van der Waals surface area (Å²) in [5, 5.41) is 0. The van der Waals surface area contributed by atoms with Gasteiger partial charge in [-0.05, 0) is 31.0 Å². The molecule has 0 aromatic heterocycles. The highest BCUT2D eigenvalue weighted by molar-refractivity contribution is 7.92. The lowest BCUT2D eigenvalue weighted by Crippen LogP contribution is -2.17. The molecule has 1 N–H and O–H groups in total. The Morgan fingerprint density at radius 3 is 2.43 bits per heavy atom. The van der Waals surface area contributed by atoms with Gasteiger partial charge in [0.05, 0.1) is 11.4 Å². The van der Waals surface area contributed by atoms with E-state index in [9.17, 15) is 8.42 Å². The van der Waals surface area contributed by atoms with Gasteiger partial charge in [-0.2, -0.15) is 0 Å². The van der Waals surface area contributed by atoms with E-state index in [-0.39, 0.29) is 5.75 Å². The van der Waals surface area contributed by atoms with Gasteiger partial charge in [0, 0.05) is 5.56 Å². The summed E-state index contributed by atoms with van der Waals surface area (Å²) >= 11 is 0. The molecule has 0 radical (unpaired) electrons. The van der Waals surface area contributed by atoms with E-state index in [0.29, 0.717) is 12.1 Å². The maximum atomic E-state index is 12.1. The monoisotopic (exact) mass is 303 g/mol. The Hall–Kier alpha value is -1.81. The summed E-state index contributed by atoms with van der Waals surface area (Å²) in [5.74, 6) is 0.158. The first-order chi connectivity index (χ1) is 10.0. The molecule has 112 valence electrons. The molecular weight excluding hydrogens is 282 g/mol. The molecule has 0 atom stereocenters. The van der Waals surface area contributed by atoms with Crippen LogP contribution in [0.15, 0.2) is 48.5 Å². The quantitative estimate of drug-likeness (QED) is 0.869. The van der Waals surface area contributed by atoms with Gasteiger partial charge in [0.25, 0.3) is 0 Å². The number of hydrogen-bond donors (Lipinski definition) is 1. The van der Waals surface area contributed by atoms with E-state index >= 15 is 0 Å². The molecule has 0 spiro atoms. The number of unbranched alkanes of at least 4 members (excludes halogenated alkanes) is 1. The number of anilines is 1. The van der Waals surface area contributed by atoms with Crippen molar-refractivity contribution in [2.45, 2.75) is 26.7 Å². The Morgan fingerprint density at radius 1 is 1.05 bits per heavy atom. The largest absolute Gasteiger partial charge is 0.283 e. The second-order valence-corrected chi connectivity index (χ2v) is 7.03. The number of aryl methyl sites for hydroxylation is 1. The molecule has 3 nitrogen and oxygen atoms in total. The molecule has 0 saturated carbocycles. The zero-order valence-corrected chi connectivity index (χ0v) is 13.3. The Balaban J connectivity index is 2.37. The summed E-state index contributed by atoms with van der Waals surface area (Å²) in [7, 11) is -3.29. The van der Waals surface area contributed by atoms with E-state index in [1.807, 2.05) is 62.4 Å². The standard InChI is InChI=1S/C17H21NO2S/c1-3-4-12-21(19,20)18-17-11-10-14(2)13-16(17)15-8-6-5-7-9-15/h5-11,13,18H,3-4,12H2,1-2H3. The maximum Gasteiger partial charge on any atom is 0.232 e. The van der Waals surface area contributed by atoms with Crippen molar-refractivity contribution < 1.29 is 8.42 Å². The van der Waals surface area contributed by atoms with Crippen molar-refractivity contribution in [3.05, 3.63) is 54.1 Å². The predicted molar refractivity (Wildman–Crippen MR) is 88.9 cm³/mol. The topological polar surface area (TPSA) is 46.2 Å². The van der Waals surface area contributed by atoms with E-state index in [2.05, 4.69) is 4.72 Å². The van der Waals surface area contributed by atoms with Crippen LogP contribution in [0.5, 0.6) is 0 Å². The molecule has 2 rings (SSSR count). The summed E-state index contributed by atoms with van der Waals surface area (Å²) < 4.78 is 27.0. The molecular formula is C17H21NO2S. The highest BCUT2D eigenvalue weighted by Gasteiger charge is 2.13. The Morgan fingerprint density at radius 2 is 1.76 bits per heavy atom. The zero-order chi connectivity index (χ0) is 15.3. The molecule has 0 heterocycles. The molecule has 21 heavy (non-hydrogen) atoms. The van der Waals surface area contributed by atoms with E-state index in [1.165, 1.54) is 0 Å². The number of nitrogens with one attached hydrogen (secondary N) is 1. The SMILES string of the molecule is CCCCS(=O)(=O)Nc1ccc(C)cc1-c1ccccc1. The predicted octanol–water partition coefficient (Wildman–Crippen LogP) is 4.20.